The Kier molecular flexibility index (Phi) is 21.2. The zero-order valence-corrected chi connectivity index (χ0v) is 40.8. The first-order chi connectivity index (χ1) is 34.3. The van der Waals surface area contributed by atoms with E-state index in [4.69, 9.17) is 30.4 Å². The fourth-order valence-corrected chi connectivity index (χ4v) is 7.82. The Morgan fingerprint density at radius 2 is 1.32 bits per heavy atom. The number of carbonyl (C=O) groups is 7. The molecule has 0 radical (unpaired) electrons. The van der Waals surface area contributed by atoms with Crippen LogP contribution in [0.15, 0.2) is 102 Å². The van der Waals surface area contributed by atoms with Crippen molar-refractivity contribution in [3.05, 3.63) is 114 Å². The molecule has 3 aromatic carbocycles. The minimum absolute atomic E-state index is 0.0311. The van der Waals surface area contributed by atoms with Gasteiger partial charge in [0.2, 0.25) is 47.4 Å². The molecular formula is C49H62N10O13. The maximum atomic E-state index is 13.8. The topological polar surface area (TPSA) is 338 Å². The molecule has 10 N–H and O–H groups in total. The number of carboxylic acid groups (broad SMARTS) is 2. The highest BCUT2D eigenvalue weighted by atomic mass is 16.6. The molecule has 0 saturated carbocycles. The molecule has 2 heterocycles. The Balaban J connectivity index is 0.000000329. The number of hydrogen-bond acceptors (Lipinski definition) is 14. The minimum Gasteiger partial charge on any atom is -0.481 e. The average molecular weight is 999 g/mol. The van der Waals surface area contributed by atoms with E-state index in [1.807, 2.05) is 12.1 Å². The maximum absolute atomic E-state index is 13.8. The Morgan fingerprint density at radius 1 is 0.778 bits per heavy atom. The fourth-order valence-electron chi connectivity index (χ4n) is 7.82. The van der Waals surface area contributed by atoms with Crippen molar-refractivity contribution in [2.24, 2.45) is 22.4 Å². The summed E-state index contributed by atoms with van der Waals surface area (Å²) in [7, 11) is 5.70. The van der Waals surface area contributed by atoms with Gasteiger partial charge in [0, 0.05) is 27.1 Å². The van der Waals surface area contributed by atoms with Gasteiger partial charge in [-0.05, 0) is 35.4 Å². The van der Waals surface area contributed by atoms with Gasteiger partial charge in [-0.25, -0.2) is 4.79 Å². The zero-order chi connectivity index (χ0) is 53.0. The van der Waals surface area contributed by atoms with Crippen molar-refractivity contribution in [3.63, 3.8) is 0 Å². The average Bonchev–Trinajstić information content (AvgIpc) is 3.36. The molecule has 1 fully saturated rings. The van der Waals surface area contributed by atoms with Crippen molar-refractivity contribution in [2.75, 3.05) is 41.5 Å². The van der Waals surface area contributed by atoms with Gasteiger partial charge in [0.05, 0.1) is 33.3 Å². The number of rotatable bonds is 18. The number of carboxylic acids is 2. The van der Waals surface area contributed by atoms with Crippen LogP contribution in [0.2, 0.25) is 0 Å². The number of aliphatic carboxylic acids is 2. The van der Waals surface area contributed by atoms with E-state index in [9.17, 15) is 43.8 Å². The number of guanidine groups is 1. The van der Waals surface area contributed by atoms with Gasteiger partial charge < -0.3 is 66.8 Å². The molecule has 5 rings (SSSR count). The molecule has 0 aliphatic carbocycles. The van der Waals surface area contributed by atoms with Gasteiger partial charge >= 0.3 is 17.9 Å². The summed E-state index contributed by atoms with van der Waals surface area (Å²) in [5, 5.41) is 29.5. The number of nitrogens with zero attached hydrogens (tertiary/aromatic N) is 4. The Labute approximate surface area is 416 Å². The van der Waals surface area contributed by atoms with Crippen LogP contribution in [0, 0.1) is 5.92 Å². The van der Waals surface area contributed by atoms with Crippen LogP contribution in [-0.4, -0.2) is 144 Å². The monoisotopic (exact) mass is 998 g/mol. The SMILES string of the molecule is CC(C)[C@H]1C(=O)N[C@@H](CCCN=C(N)N)C(=O)NCC(=O)N[C@@H](CC(=O)O)C(=O)N[C@H](Cc2ccccc2)C(=O)N1C.COc1cc(OC)nc(O[C@H](C(=O)O)C(OC)(c2ccccc2)c2ccccc2)n1. The summed E-state index contributed by atoms with van der Waals surface area (Å²) in [6.45, 7) is 3.04. The van der Waals surface area contributed by atoms with Crippen molar-refractivity contribution in [1.29, 1.82) is 0 Å². The molecule has 23 nitrogen and oxygen atoms in total. The quantitative estimate of drug-likeness (QED) is 0.0387. The molecule has 72 heavy (non-hydrogen) atoms. The highest BCUT2D eigenvalue weighted by molar-refractivity contribution is 5.98. The fraction of sp³-hybridized carbons (Fsp3) is 0.388. The first kappa shape index (κ1) is 56.2. The highest BCUT2D eigenvalue weighted by Gasteiger charge is 2.49. The number of likely N-dealkylation sites (N-methyl/N-ethyl adjacent to an activating group) is 1. The van der Waals surface area contributed by atoms with Crippen LogP contribution in [0.3, 0.4) is 0 Å². The van der Waals surface area contributed by atoms with E-state index in [-0.39, 0.29) is 43.1 Å². The van der Waals surface area contributed by atoms with Crippen LogP contribution in [0.4, 0.5) is 0 Å². The molecule has 5 amide bonds. The van der Waals surface area contributed by atoms with Gasteiger partial charge in [-0.3, -0.25) is 33.8 Å². The lowest BCUT2D eigenvalue weighted by Gasteiger charge is -2.37. The number of amides is 5. The van der Waals surface area contributed by atoms with Gasteiger partial charge in [-0.1, -0.05) is 105 Å². The number of nitrogens with two attached hydrogens (primary N) is 2. The minimum atomic E-state index is -1.54. The summed E-state index contributed by atoms with van der Waals surface area (Å²) >= 11 is 0. The first-order valence-corrected chi connectivity index (χ1v) is 22.6. The molecule has 1 aromatic heterocycles. The summed E-state index contributed by atoms with van der Waals surface area (Å²) < 4.78 is 22.0. The molecular weight excluding hydrogens is 937 g/mol. The summed E-state index contributed by atoms with van der Waals surface area (Å²) in [6, 6.07) is 23.2. The van der Waals surface area contributed by atoms with Crippen LogP contribution in [0.5, 0.6) is 17.8 Å². The van der Waals surface area contributed by atoms with E-state index < -0.39 is 96.2 Å². The number of ether oxygens (including phenoxy) is 4. The summed E-state index contributed by atoms with van der Waals surface area (Å²) in [5.74, 6) is -6.50. The molecule has 1 aliphatic rings. The lowest BCUT2D eigenvalue weighted by atomic mass is 9.81. The molecule has 0 unspecified atom stereocenters. The van der Waals surface area contributed by atoms with Gasteiger partial charge in [-0.15, -0.1) is 0 Å². The number of aromatic nitrogens is 2. The molecule has 386 valence electrons. The number of benzene rings is 3. The third-order valence-corrected chi connectivity index (χ3v) is 11.2. The van der Waals surface area contributed by atoms with Gasteiger partial charge in [0.1, 0.15) is 24.2 Å². The summed E-state index contributed by atoms with van der Waals surface area (Å²) in [6.07, 6.45) is -1.85. The molecule has 0 spiro atoms. The number of carbonyl (C=O) groups excluding carboxylic acids is 5. The van der Waals surface area contributed by atoms with E-state index >= 15 is 0 Å². The van der Waals surface area contributed by atoms with E-state index in [0.29, 0.717) is 23.1 Å². The highest BCUT2D eigenvalue weighted by Crippen LogP contribution is 2.39. The number of nitrogens with one attached hydrogen (secondary N) is 4. The largest absolute Gasteiger partial charge is 0.481 e. The van der Waals surface area contributed by atoms with Crippen molar-refractivity contribution < 1.29 is 62.7 Å². The van der Waals surface area contributed by atoms with Crippen molar-refractivity contribution in [2.45, 2.75) is 75.4 Å². The van der Waals surface area contributed by atoms with Crippen LogP contribution in [0.1, 0.15) is 49.8 Å². The molecule has 1 saturated heterocycles. The molecule has 5 atom stereocenters. The second kappa shape index (κ2) is 27.2. The van der Waals surface area contributed by atoms with Crippen molar-refractivity contribution in [3.8, 4) is 17.8 Å². The van der Waals surface area contributed by atoms with Crippen LogP contribution in [0.25, 0.3) is 0 Å². The van der Waals surface area contributed by atoms with Gasteiger partial charge in [-0.2, -0.15) is 9.97 Å². The standard InChI is InChI=1S/C27H40N8O7.C22H22N2O6/c1-15(2)22-25(41)33-17(10-7-11-30-27(28)29)23(39)31-14-20(36)32-18(13-21(37)38)24(40)34-19(26(42)35(22)3)12-16-8-5-4-6-9-16;1-27-17-14-18(28-2)24-21(23-17)30-19(20(25)26)22(29-3,15-10-6-4-7-11-15)16-12-8-5-9-13-16/h4-6,8-9,15,17-19,22H,7,10-14H2,1-3H3,(H,31,39)(H,32,36)(H,33,41)(H,34,40)(H,37,38)(H4,28,29,30);4-14,19H,1-3H3,(H,25,26)/t17-,18-,19+,22-;19-/m01/s1. The lowest BCUT2D eigenvalue weighted by molar-refractivity contribution is -0.160. The third-order valence-electron chi connectivity index (χ3n) is 11.2. The lowest BCUT2D eigenvalue weighted by Crippen LogP contribution is -2.59. The second-order valence-corrected chi connectivity index (χ2v) is 16.6. The Hall–Kier alpha value is -8.34. The molecule has 23 heteroatoms. The van der Waals surface area contributed by atoms with E-state index in [2.05, 4.69) is 36.2 Å². The smallest absolute Gasteiger partial charge is 0.348 e. The van der Waals surface area contributed by atoms with Gasteiger partial charge in [0.15, 0.2) is 11.6 Å². The normalized spacial score (nSPS) is 18.3. The zero-order valence-electron chi connectivity index (χ0n) is 40.8. The van der Waals surface area contributed by atoms with E-state index in [1.165, 1.54) is 39.3 Å². The van der Waals surface area contributed by atoms with Crippen LogP contribution in [-0.2, 0) is 50.3 Å². The molecule has 4 aromatic rings. The Bertz CT molecular complexity index is 2430. The molecule has 1 aliphatic heterocycles. The number of methoxy groups -OCH3 is 3. The predicted molar refractivity (Wildman–Crippen MR) is 260 cm³/mol. The maximum Gasteiger partial charge on any atom is 0.348 e. The second-order valence-electron chi connectivity index (χ2n) is 16.6. The summed E-state index contributed by atoms with van der Waals surface area (Å²) in [4.78, 5) is 103. The van der Waals surface area contributed by atoms with Crippen molar-refractivity contribution >= 4 is 47.4 Å². The molecule has 0 bridgehead atoms. The van der Waals surface area contributed by atoms with Crippen LogP contribution < -0.4 is 46.9 Å². The first-order valence-electron chi connectivity index (χ1n) is 22.6. The number of hydrogen-bond donors (Lipinski definition) is 8. The predicted octanol–water partition coefficient (Wildman–Crippen LogP) is 0.741. The van der Waals surface area contributed by atoms with Crippen molar-refractivity contribution in [1.82, 2.24) is 36.1 Å². The van der Waals surface area contributed by atoms with Crippen LogP contribution >= 0.6 is 0 Å². The van der Waals surface area contributed by atoms with E-state index in [1.54, 1.807) is 92.7 Å². The summed E-state index contributed by atoms with van der Waals surface area (Å²) in [5.41, 5.74) is 11.1. The van der Waals surface area contributed by atoms with E-state index in [0.717, 1.165) is 0 Å². The Morgan fingerprint density at radius 3 is 1.81 bits per heavy atom. The number of aliphatic imine (C=N–C) groups is 1. The third kappa shape index (κ3) is 15.6. The van der Waals surface area contributed by atoms with Gasteiger partial charge in [0.25, 0.3) is 0 Å².